The second-order valence-electron chi connectivity index (χ2n) is 4.24. The first-order valence-corrected chi connectivity index (χ1v) is 6.21. The Morgan fingerprint density at radius 2 is 2.10 bits per heavy atom. The van der Waals surface area contributed by atoms with Crippen LogP contribution in [0.1, 0.15) is 36.0 Å². The van der Waals surface area contributed by atoms with Crippen molar-refractivity contribution in [3.05, 3.63) is 11.4 Å². The summed E-state index contributed by atoms with van der Waals surface area (Å²) >= 11 is 0. The molecule has 0 unspecified atom stereocenters. The number of rotatable bonds is 5. The van der Waals surface area contributed by atoms with Gasteiger partial charge in [0.05, 0.1) is 6.61 Å². The lowest BCUT2D eigenvalue weighted by atomic mass is 10.2. The van der Waals surface area contributed by atoms with E-state index in [1.807, 2.05) is 0 Å². The van der Waals surface area contributed by atoms with E-state index >= 15 is 0 Å². The normalized spacial score (nSPS) is 14.3. The number of ether oxygens (including phenoxy) is 1. The van der Waals surface area contributed by atoms with E-state index in [2.05, 4.69) is 15.0 Å². The van der Waals surface area contributed by atoms with Crippen molar-refractivity contribution in [1.29, 1.82) is 0 Å². The standard InChI is InChI=1S/C11H14F2N4O3/c1-2-20-11(19)8-9(10(12)13)17(15-14-8)6-7(18)16-4-3-5-16/h10H,2-6H2,1H3. The number of carbonyl (C=O) groups is 2. The van der Waals surface area contributed by atoms with Crippen LogP contribution in [0, 0.1) is 0 Å². The van der Waals surface area contributed by atoms with Gasteiger partial charge in [0.1, 0.15) is 12.2 Å². The van der Waals surface area contributed by atoms with Crippen LogP contribution >= 0.6 is 0 Å². The highest BCUT2D eigenvalue weighted by atomic mass is 19.3. The molecule has 0 radical (unpaired) electrons. The summed E-state index contributed by atoms with van der Waals surface area (Å²) in [6.45, 7) is 2.47. The maximum Gasteiger partial charge on any atom is 0.361 e. The number of hydrogen-bond donors (Lipinski definition) is 0. The molecule has 1 aliphatic rings. The first kappa shape index (κ1) is 14.4. The van der Waals surface area contributed by atoms with E-state index in [-0.39, 0.29) is 19.1 Å². The van der Waals surface area contributed by atoms with Gasteiger partial charge < -0.3 is 9.64 Å². The number of nitrogens with zero attached hydrogens (tertiary/aromatic N) is 4. The van der Waals surface area contributed by atoms with Crippen molar-refractivity contribution in [3.8, 4) is 0 Å². The average molecular weight is 288 g/mol. The van der Waals surface area contributed by atoms with Crippen LogP contribution in [0.4, 0.5) is 8.78 Å². The Kier molecular flexibility index (Phi) is 4.26. The summed E-state index contributed by atoms with van der Waals surface area (Å²) < 4.78 is 31.5. The summed E-state index contributed by atoms with van der Waals surface area (Å²) in [4.78, 5) is 24.8. The molecule has 9 heteroatoms. The summed E-state index contributed by atoms with van der Waals surface area (Å²) in [6, 6.07) is 0. The molecule has 0 spiro atoms. The predicted octanol–water partition coefficient (Wildman–Crippen LogP) is 0.625. The monoisotopic (exact) mass is 288 g/mol. The number of halogens is 2. The van der Waals surface area contributed by atoms with Gasteiger partial charge in [-0.3, -0.25) is 4.79 Å². The molecule has 2 rings (SSSR count). The number of hydrogen-bond acceptors (Lipinski definition) is 5. The Morgan fingerprint density at radius 1 is 1.40 bits per heavy atom. The second kappa shape index (κ2) is 5.93. The molecule has 1 aromatic rings. The van der Waals surface area contributed by atoms with Crippen LogP contribution in [0.2, 0.25) is 0 Å². The van der Waals surface area contributed by atoms with Gasteiger partial charge in [0.15, 0.2) is 5.69 Å². The van der Waals surface area contributed by atoms with E-state index < -0.39 is 23.8 Å². The number of alkyl halides is 2. The van der Waals surface area contributed by atoms with Crippen molar-refractivity contribution in [2.45, 2.75) is 26.3 Å². The van der Waals surface area contributed by atoms with Gasteiger partial charge in [-0.2, -0.15) is 0 Å². The van der Waals surface area contributed by atoms with E-state index in [4.69, 9.17) is 0 Å². The molecule has 0 bridgehead atoms. The second-order valence-corrected chi connectivity index (χ2v) is 4.24. The molecule has 2 heterocycles. The predicted molar refractivity (Wildman–Crippen MR) is 62.1 cm³/mol. The van der Waals surface area contributed by atoms with Crippen LogP contribution < -0.4 is 0 Å². The molecule has 110 valence electrons. The summed E-state index contributed by atoms with van der Waals surface area (Å²) in [5, 5.41) is 6.86. The zero-order chi connectivity index (χ0) is 14.7. The van der Waals surface area contributed by atoms with E-state index in [9.17, 15) is 18.4 Å². The molecule has 1 amide bonds. The summed E-state index contributed by atoms with van der Waals surface area (Å²) in [7, 11) is 0. The minimum absolute atomic E-state index is 0.0427. The topological polar surface area (TPSA) is 77.3 Å². The number of likely N-dealkylation sites (tertiary alicyclic amines) is 1. The molecule has 0 aliphatic carbocycles. The molecule has 0 saturated carbocycles. The highest BCUT2D eigenvalue weighted by Gasteiger charge is 2.29. The van der Waals surface area contributed by atoms with Crippen LogP contribution in [-0.4, -0.2) is 51.5 Å². The fraction of sp³-hybridized carbons (Fsp3) is 0.636. The minimum atomic E-state index is -2.96. The van der Waals surface area contributed by atoms with E-state index in [1.165, 1.54) is 4.90 Å². The largest absolute Gasteiger partial charge is 0.461 e. The Morgan fingerprint density at radius 3 is 2.60 bits per heavy atom. The minimum Gasteiger partial charge on any atom is -0.461 e. The first-order valence-electron chi connectivity index (χ1n) is 6.21. The smallest absolute Gasteiger partial charge is 0.361 e. The van der Waals surface area contributed by atoms with Crippen molar-refractivity contribution < 1.29 is 23.1 Å². The number of esters is 1. The zero-order valence-corrected chi connectivity index (χ0v) is 10.9. The highest BCUT2D eigenvalue weighted by Crippen LogP contribution is 2.22. The SMILES string of the molecule is CCOC(=O)c1nnn(CC(=O)N2CCC2)c1C(F)F. The fourth-order valence-corrected chi connectivity index (χ4v) is 1.79. The van der Waals surface area contributed by atoms with Crippen LogP contribution in [0.3, 0.4) is 0 Å². The first-order chi connectivity index (χ1) is 9.54. The van der Waals surface area contributed by atoms with Crippen LogP contribution in [0.25, 0.3) is 0 Å². The molecule has 1 aromatic heterocycles. The van der Waals surface area contributed by atoms with Gasteiger partial charge in [-0.1, -0.05) is 5.21 Å². The highest BCUT2D eigenvalue weighted by molar-refractivity contribution is 5.88. The quantitative estimate of drug-likeness (QED) is 0.742. The maximum atomic E-state index is 13.0. The molecule has 1 saturated heterocycles. The molecule has 0 N–H and O–H groups in total. The molecule has 0 aromatic carbocycles. The number of amides is 1. The average Bonchev–Trinajstić information content (AvgIpc) is 2.70. The van der Waals surface area contributed by atoms with Crippen molar-refractivity contribution >= 4 is 11.9 Å². The number of aromatic nitrogens is 3. The van der Waals surface area contributed by atoms with Crippen LogP contribution in [0.15, 0.2) is 0 Å². The van der Waals surface area contributed by atoms with Crippen LogP contribution in [0.5, 0.6) is 0 Å². The summed E-state index contributed by atoms with van der Waals surface area (Å²) in [5.41, 5.74) is -1.23. The molecule has 1 aliphatic heterocycles. The van der Waals surface area contributed by atoms with E-state index in [0.717, 1.165) is 11.1 Å². The fourth-order valence-electron chi connectivity index (χ4n) is 1.79. The van der Waals surface area contributed by atoms with E-state index in [0.29, 0.717) is 13.1 Å². The number of carbonyl (C=O) groups excluding carboxylic acids is 2. The van der Waals surface area contributed by atoms with Crippen molar-refractivity contribution in [1.82, 2.24) is 19.9 Å². The third kappa shape index (κ3) is 2.75. The molecular formula is C11H14F2N4O3. The lowest BCUT2D eigenvalue weighted by Crippen LogP contribution is -2.44. The Balaban J connectivity index is 2.20. The lowest BCUT2D eigenvalue weighted by molar-refractivity contribution is -0.135. The Hall–Kier alpha value is -2.06. The van der Waals surface area contributed by atoms with Crippen molar-refractivity contribution in [3.63, 3.8) is 0 Å². The Bertz CT molecular complexity index is 514. The zero-order valence-electron chi connectivity index (χ0n) is 10.9. The molecule has 20 heavy (non-hydrogen) atoms. The van der Waals surface area contributed by atoms with Gasteiger partial charge in [-0.15, -0.1) is 5.10 Å². The van der Waals surface area contributed by atoms with Gasteiger partial charge >= 0.3 is 5.97 Å². The molecule has 1 fully saturated rings. The van der Waals surface area contributed by atoms with Crippen LogP contribution in [-0.2, 0) is 16.1 Å². The third-order valence-electron chi connectivity index (χ3n) is 2.94. The lowest BCUT2D eigenvalue weighted by Gasteiger charge is -2.30. The van der Waals surface area contributed by atoms with Crippen molar-refractivity contribution in [2.24, 2.45) is 0 Å². The van der Waals surface area contributed by atoms with Gasteiger partial charge in [0.2, 0.25) is 5.91 Å². The van der Waals surface area contributed by atoms with Gasteiger partial charge in [-0.25, -0.2) is 18.3 Å². The molecule has 7 nitrogen and oxygen atoms in total. The van der Waals surface area contributed by atoms with Gasteiger partial charge in [0.25, 0.3) is 6.43 Å². The van der Waals surface area contributed by atoms with Gasteiger partial charge in [0, 0.05) is 13.1 Å². The van der Waals surface area contributed by atoms with E-state index in [1.54, 1.807) is 6.92 Å². The summed E-state index contributed by atoms with van der Waals surface area (Å²) in [6.07, 6.45) is -2.06. The van der Waals surface area contributed by atoms with Crippen molar-refractivity contribution in [2.75, 3.05) is 19.7 Å². The third-order valence-corrected chi connectivity index (χ3v) is 2.94. The Labute approximate surface area is 113 Å². The summed E-state index contributed by atoms with van der Waals surface area (Å²) in [5.74, 6) is -1.29. The molecular weight excluding hydrogens is 274 g/mol. The van der Waals surface area contributed by atoms with Gasteiger partial charge in [-0.05, 0) is 13.3 Å². The maximum absolute atomic E-state index is 13.0. The molecule has 0 atom stereocenters.